The molecule has 0 aliphatic carbocycles. The molecule has 176 valence electrons. The van der Waals surface area contributed by atoms with Crippen molar-refractivity contribution in [1.82, 2.24) is 4.98 Å². The van der Waals surface area contributed by atoms with Crippen molar-refractivity contribution in [2.75, 3.05) is 16.8 Å². The van der Waals surface area contributed by atoms with Gasteiger partial charge in [-0.15, -0.1) is 11.8 Å². The molecule has 0 aliphatic rings. The van der Waals surface area contributed by atoms with Gasteiger partial charge in [0.2, 0.25) is 5.91 Å². The predicted molar refractivity (Wildman–Crippen MR) is 135 cm³/mol. The fourth-order valence-electron chi connectivity index (χ4n) is 3.33. The molecule has 3 rings (SSSR count). The van der Waals surface area contributed by atoms with Gasteiger partial charge in [0.1, 0.15) is 28.5 Å². The summed E-state index contributed by atoms with van der Waals surface area (Å²) in [6, 6.07) is 15.9. The zero-order valence-corrected chi connectivity index (χ0v) is 20.2. The maximum absolute atomic E-state index is 12.4. The van der Waals surface area contributed by atoms with Gasteiger partial charge in [0.05, 0.1) is 16.1 Å². The molecule has 0 spiro atoms. The lowest BCUT2D eigenvalue weighted by Crippen LogP contribution is -2.13. The van der Waals surface area contributed by atoms with Crippen molar-refractivity contribution < 1.29 is 14.7 Å². The third-order valence-electron chi connectivity index (χ3n) is 5.11. The van der Waals surface area contributed by atoms with Crippen molar-refractivity contribution in [3.8, 4) is 23.3 Å². The van der Waals surface area contributed by atoms with E-state index in [-0.39, 0.29) is 45.6 Å². The molecular formula is C25H20ClN5O3S. The van der Waals surface area contributed by atoms with E-state index < -0.39 is 5.97 Å². The molecule has 0 saturated heterocycles. The Morgan fingerprint density at radius 3 is 2.43 bits per heavy atom. The number of thioether (sulfide) groups is 1. The molecule has 2 aromatic carbocycles. The van der Waals surface area contributed by atoms with Crippen LogP contribution in [0.25, 0.3) is 11.1 Å². The standard InChI is InChI=1S/C25H20ClN5O3S/c1-2-14-3-5-15(6-4-14)22-18(12-27)23(29)31-24(19(22)13-28)35-10-9-21(32)30-16-7-8-20(26)17(11-16)25(33)34/h3-8,11H,2,9-10H2,1H3,(H2,29,31)(H,30,32)(H,33,34). The fraction of sp³-hybridized carbons (Fsp3) is 0.160. The van der Waals surface area contributed by atoms with Crippen LogP contribution in [-0.2, 0) is 11.2 Å². The summed E-state index contributed by atoms with van der Waals surface area (Å²) in [5.74, 6) is -1.27. The van der Waals surface area contributed by atoms with Crippen molar-refractivity contribution in [2.45, 2.75) is 24.8 Å². The first-order chi connectivity index (χ1) is 16.8. The van der Waals surface area contributed by atoms with Crippen LogP contribution in [0.5, 0.6) is 0 Å². The number of aryl methyl sites for hydroxylation is 1. The second-order valence-corrected chi connectivity index (χ2v) is 8.84. The molecule has 0 radical (unpaired) electrons. The maximum Gasteiger partial charge on any atom is 0.337 e. The largest absolute Gasteiger partial charge is 0.478 e. The Kier molecular flexibility index (Phi) is 8.32. The molecule has 0 atom stereocenters. The summed E-state index contributed by atoms with van der Waals surface area (Å²) in [6.45, 7) is 2.03. The van der Waals surface area contributed by atoms with Crippen LogP contribution in [0.3, 0.4) is 0 Å². The first kappa shape index (κ1) is 25.6. The Labute approximate surface area is 211 Å². The summed E-state index contributed by atoms with van der Waals surface area (Å²) >= 11 is 7.03. The molecule has 4 N–H and O–H groups in total. The first-order valence-corrected chi connectivity index (χ1v) is 11.8. The van der Waals surface area contributed by atoms with Crippen molar-refractivity contribution in [2.24, 2.45) is 0 Å². The van der Waals surface area contributed by atoms with Crippen molar-refractivity contribution >= 4 is 46.7 Å². The third kappa shape index (κ3) is 5.90. The number of nitrogens with one attached hydrogen (secondary N) is 1. The smallest absolute Gasteiger partial charge is 0.337 e. The second-order valence-electron chi connectivity index (χ2n) is 7.35. The lowest BCUT2D eigenvalue weighted by Gasteiger charge is -2.13. The van der Waals surface area contributed by atoms with Crippen LogP contribution in [0.1, 0.15) is 40.4 Å². The topological polar surface area (TPSA) is 153 Å². The van der Waals surface area contributed by atoms with Gasteiger partial charge in [-0.05, 0) is 35.7 Å². The molecule has 0 unspecified atom stereocenters. The molecule has 3 aromatic rings. The number of carbonyl (C=O) groups excluding carboxylic acids is 1. The Morgan fingerprint density at radius 2 is 1.83 bits per heavy atom. The van der Waals surface area contributed by atoms with E-state index in [1.807, 2.05) is 37.3 Å². The number of amides is 1. The Bertz CT molecular complexity index is 1380. The number of aromatic nitrogens is 1. The maximum atomic E-state index is 12.4. The summed E-state index contributed by atoms with van der Waals surface area (Å²) in [6.07, 6.45) is 0.911. The fourth-order valence-corrected chi connectivity index (χ4v) is 4.46. The summed E-state index contributed by atoms with van der Waals surface area (Å²) in [7, 11) is 0. The SMILES string of the molecule is CCc1ccc(-c2c(C#N)c(N)nc(SCCC(=O)Nc3ccc(Cl)c(C(=O)O)c3)c2C#N)cc1. The van der Waals surface area contributed by atoms with Crippen molar-refractivity contribution in [3.63, 3.8) is 0 Å². The number of aromatic carboxylic acids is 1. The number of nitriles is 2. The van der Waals surface area contributed by atoms with Gasteiger partial charge in [-0.25, -0.2) is 9.78 Å². The van der Waals surface area contributed by atoms with E-state index in [9.17, 15) is 20.1 Å². The summed E-state index contributed by atoms with van der Waals surface area (Å²) in [5, 5.41) is 31.7. The van der Waals surface area contributed by atoms with Gasteiger partial charge in [-0.2, -0.15) is 10.5 Å². The molecule has 0 fully saturated rings. The number of benzene rings is 2. The van der Waals surface area contributed by atoms with E-state index in [1.54, 1.807) is 0 Å². The highest BCUT2D eigenvalue weighted by Crippen LogP contribution is 2.36. The van der Waals surface area contributed by atoms with Gasteiger partial charge in [-0.3, -0.25) is 4.79 Å². The number of carboxylic acids is 1. The zero-order valence-electron chi connectivity index (χ0n) is 18.6. The first-order valence-electron chi connectivity index (χ1n) is 10.5. The number of halogens is 1. The number of hydrogen-bond acceptors (Lipinski definition) is 7. The highest BCUT2D eigenvalue weighted by Gasteiger charge is 2.21. The van der Waals surface area contributed by atoms with E-state index in [1.165, 1.54) is 30.0 Å². The predicted octanol–water partition coefficient (Wildman–Crippen LogP) is 5.11. The lowest BCUT2D eigenvalue weighted by atomic mass is 9.96. The molecule has 8 nitrogen and oxygen atoms in total. The van der Waals surface area contributed by atoms with Gasteiger partial charge < -0.3 is 16.2 Å². The van der Waals surface area contributed by atoms with E-state index >= 15 is 0 Å². The number of anilines is 2. The minimum atomic E-state index is -1.20. The van der Waals surface area contributed by atoms with Crippen LogP contribution in [0.15, 0.2) is 47.5 Å². The number of carbonyl (C=O) groups is 2. The molecule has 35 heavy (non-hydrogen) atoms. The molecule has 1 aromatic heterocycles. The molecule has 1 amide bonds. The van der Waals surface area contributed by atoms with E-state index in [0.717, 1.165) is 12.0 Å². The van der Waals surface area contributed by atoms with Crippen LogP contribution in [-0.4, -0.2) is 27.7 Å². The molecule has 10 heteroatoms. The number of pyridine rings is 1. The number of nitrogens with two attached hydrogens (primary N) is 1. The van der Waals surface area contributed by atoms with Gasteiger partial charge in [0.25, 0.3) is 0 Å². The minimum Gasteiger partial charge on any atom is -0.478 e. The van der Waals surface area contributed by atoms with Crippen LogP contribution in [0, 0.1) is 22.7 Å². The van der Waals surface area contributed by atoms with Gasteiger partial charge in [-0.1, -0.05) is 42.8 Å². The van der Waals surface area contributed by atoms with Crippen molar-refractivity contribution in [1.29, 1.82) is 10.5 Å². The highest BCUT2D eigenvalue weighted by molar-refractivity contribution is 7.99. The quantitative estimate of drug-likeness (QED) is 0.357. The van der Waals surface area contributed by atoms with E-state index in [2.05, 4.69) is 16.4 Å². The number of nitrogens with zero attached hydrogens (tertiary/aromatic N) is 3. The van der Waals surface area contributed by atoms with Crippen LogP contribution in [0.4, 0.5) is 11.5 Å². The van der Waals surface area contributed by atoms with Gasteiger partial charge in [0, 0.05) is 23.4 Å². The highest BCUT2D eigenvalue weighted by atomic mass is 35.5. The minimum absolute atomic E-state index is 0.00961. The number of hydrogen-bond donors (Lipinski definition) is 3. The molecule has 0 aliphatic heterocycles. The number of nitrogen functional groups attached to an aromatic ring is 1. The lowest BCUT2D eigenvalue weighted by molar-refractivity contribution is -0.115. The van der Waals surface area contributed by atoms with Crippen LogP contribution in [0.2, 0.25) is 5.02 Å². The zero-order chi connectivity index (χ0) is 25.5. The average molecular weight is 506 g/mol. The monoisotopic (exact) mass is 505 g/mol. The summed E-state index contributed by atoms with van der Waals surface area (Å²) in [4.78, 5) is 27.8. The van der Waals surface area contributed by atoms with E-state index in [0.29, 0.717) is 21.8 Å². The Hall–Kier alpha value is -4.05. The Balaban J connectivity index is 1.79. The van der Waals surface area contributed by atoms with Crippen LogP contribution >= 0.6 is 23.4 Å². The van der Waals surface area contributed by atoms with Gasteiger partial charge >= 0.3 is 5.97 Å². The molecule has 0 bridgehead atoms. The summed E-state index contributed by atoms with van der Waals surface area (Å²) in [5.41, 5.74) is 8.79. The van der Waals surface area contributed by atoms with Crippen molar-refractivity contribution in [3.05, 3.63) is 69.7 Å². The number of rotatable bonds is 8. The van der Waals surface area contributed by atoms with Crippen LogP contribution < -0.4 is 11.1 Å². The number of carboxylic acid groups (broad SMARTS) is 1. The summed E-state index contributed by atoms with van der Waals surface area (Å²) < 4.78 is 0. The molecular weight excluding hydrogens is 486 g/mol. The normalized spacial score (nSPS) is 10.3. The average Bonchev–Trinajstić information content (AvgIpc) is 2.84. The molecule has 0 saturated carbocycles. The molecule has 1 heterocycles. The third-order valence-corrected chi connectivity index (χ3v) is 6.42. The van der Waals surface area contributed by atoms with Gasteiger partial charge in [0.15, 0.2) is 0 Å². The Morgan fingerprint density at radius 1 is 1.14 bits per heavy atom. The second kappa shape index (κ2) is 11.4. The van der Waals surface area contributed by atoms with E-state index in [4.69, 9.17) is 22.4 Å².